The third-order valence-electron chi connectivity index (χ3n) is 3.13. The van der Waals surface area contributed by atoms with E-state index in [2.05, 4.69) is 15.3 Å². The smallest absolute Gasteiger partial charge is 0.230 e. The number of methoxy groups -OCH3 is 2. The summed E-state index contributed by atoms with van der Waals surface area (Å²) in [6.07, 6.45) is 1.47. The zero-order valence-electron chi connectivity index (χ0n) is 13.1. The Hall–Kier alpha value is -3.14. The number of nitrogens with zero attached hydrogens (tertiary/aromatic N) is 3. The van der Waals surface area contributed by atoms with Crippen molar-refractivity contribution in [2.45, 2.75) is 13.3 Å². The summed E-state index contributed by atoms with van der Waals surface area (Å²) in [6, 6.07) is 7.16. The highest BCUT2D eigenvalue weighted by Gasteiger charge is 2.13. The molecule has 0 saturated carbocycles. The molecule has 0 aliphatic carbocycles. The zero-order valence-corrected chi connectivity index (χ0v) is 13.1. The van der Waals surface area contributed by atoms with Gasteiger partial charge < -0.3 is 14.8 Å². The molecule has 0 aliphatic heterocycles. The number of anilines is 1. The number of nitriles is 1. The summed E-state index contributed by atoms with van der Waals surface area (Å²) in [5, 5.41) is 11.7. The second kappa shape index (κ2) is 7.22. The fraction of sp³-hybridized carbons (Fsp3) is 0.250. The lowest BCUT2D eigenvalue weighted by atomic mass is 10.1. The van der Waals surface area contributed by atoms with E-state index in [1.54, 1.807) is 32.2 Å². The number of hydrogen-bond acceptors (Lipinski definition) is 6. The molecule has 0 radical (unpaired) electrons. The van der Waals surface area contributed by atoms with E-state index in [-0.39, 0.29) is 23.7 Å². The Bertz CT molecular complexity index is 768. The first-order chi connectivity index (χ1) is 11.1. The first-order valence-electron chi connectivity index (χ1n) is 6.82. The first-order valence-corrected chi connectivity index (χ1v) is 6.82. The lowest BCUT2D eigenvalue weighted by Crippen LogP contribution is -2.17. The molecular formula is C16H16N4O3. The van der Waals surface area contributed by atoms with E-state index < -0.39 is 0 Å². The van der Waals surface area contributed by atoms with Crippen LogP contribution in [0, 0.1) is 18.3 Å². The maximum atomic E-state index is 12.2. The number of aromatic nitrogens is 2. The highest BCUT2D eigenvalue weighted by molar-refractivity contribution is 5.92. The van der Waals surface area contributed by atoms with Gasteiger partial charge in [0.15, 0.2) is 5.82 Å². The second-order valence-electron chi connectivity index (χ2n) is 4.69. The number of carbonyl (C=O) groups excluding carboxylic acids is 1. The number of carbonyl (C=O) groups is 1. The van der Waals surface area contributed by atoms with Gasteiger partial charge in [-0.25, -0.2) is 9.97 Å². The quantitative estimate of drug-likeness (QED) is 0.905. The van der Waals surface area contributed by atoms with Crippen molar-refractivity contribution in [3.63, 3.8) is 0 Å². The fourth-order valence-corrected chi connectivity index (χ4v) is 1.99. The van der Waals surface area contributed by atoms with Crippen molar-refractivity contribution < 1.29 is 14.3 Å². The van der Waals surface area contributed by atoms with Crippen LogP contribution in [-0.2, 0) is 11.2 Å². The molecule has 7 heteroatoms. The van der Waals surface area contributed by atoms with E-state index in [4.69, 9.17) is 14.7 Å². The Balaban J connectivity index is 2.17. The lowest BCUT2D eigenvalue weighted by molar-refractivity contribution is -0.115. The Kier molecular flexibility index (Phi) is 5.10. The van der Waals surface area contributed by atoms with E-state index >= 15 is 0 Å². The summed E-state index contributed by atoms with van der Waals surface area (Å²) in [6.45, 7) is 1.68. The summed E-state index contributed by atoms with van der Waals surface area (Å²) in [4.78, 5) is 20.2. The number of hydrogen-bond donors (Lipinski definition) is 1. The van der Waals surface area contributed by atoms with Gasteiger partial charge in [0, 0.05) is 11.6 Å². The van der Waals surface area contributed by atoms with Crippen LogP contribution in [0.2, 0.25) is 0 Å². The molecule has 118 valence electrons. The largest absolute Gasteiger partial charge is 0.497 e. The predicted octanol–water partition coefficient (Wildman–Crippen LogP) is 1.86. The Morgan fingerprint density at radius 1 is 1.35 bits per heavy atom. The average Bonchev–Trinajstić information content (AvgIpc) is 2.55. The van der Waals surface area contributed by atoms with Crippen LogP contribution in [0.25, 0.3) is 0 Å². The van der Waals surface area contributed by atoms with Crippen LogP contribution in [-0.4, -0.2) is 30.1 Å². The van der Waals surface area contributed by atoms with Gasteiger partial charge in [-0.3, -0.25) is 4.79 Å². The fourth-order valence-electron chi connectivity index (χ4n) is 1.99. The van der Waals surface area contributed by atoms with Gasteiger partial charge in [-0.1, -0.05) is 6.07 Å². The van der Waals surface area contributed by atoms with Gasteiger partial charge in [-0.15, -0.1) is 0 Å². The minimum absolute atomic E-state index is 0.0844. The van der Waals surface area contributed by atoms with Gasteiger partial charge >= 0.3 is 0 Å². The van der Waals surface area contributed by atoms with Crippen LogP contribution in [0.15, 0.2) is 24.4 Å². The third-order valence-corrected chi connectivity index (χ3v) is 3.13. The van der Waals surface area contributed by atoms with Gasteiger partial charge in [0.25, 0.3) is 0 Å². The van der Waals surface area contributed by atoms with Gasteiger partial charge in [-0.05, 0) is 13.0 Å². The summed E-state index contributed by atoms with van der Waals surface area (Å²) < 4.78 is 10.4. The molecule has 7 nitrogen and oxygen atoms in total. The van der Waals surface area contributed by atoms with Crippen molar-refractivity contribution in [2.75, 3.05) is 19.5 Å². The van der Waals surface area contributed by atoms with Gasteiger partial charge in [0.2, 0.25) is 5.91 Å². The van der Waals surface area contributed by atoms with Crippen molar-refractivity contribution in [1.29, 1.82) is 5.26 Å². The Morgan fingerprint density at radius 2 is 2.13 bits per heavy atom. The summed E-state index contributed by atoms with van der Waals surface area (Å²) in [5.41, 5.74) is 0.917. The molecular weight excluding hydrogens is 296 g/mol. The van der Waals surface area contributed by atoms with Crippen LogP contribution >= 0.6 is 0 Å². The molecule has 1 amide bonds. The van der Waals surface area contributed by atoms with Crippen LogP contribution in [0.4, 0.5) is 5.82 Å². The van der Waals surface area contributed by atoms with Crippen LogP contribution in [0.5, 0.6) is 11.5 Å². The van der Waals surface area contributed by atoms with Crippen LogP contribution < -0.4 is 14.8 Å². The minimum Gasteiger partial charge on any atom is -0.497 e. The molecule has 1 heterocycles. The molecule has 0 fully saturated rings. The molecule has 1 N–H and O–H groups in total. The summed E-state index contributed by atoms with van der Waals surface area (Å²) in [5.74, 6) is 1.57. The lowest BCUT2D eigenvalue weighted by Gasteiger charge is -2.11. The Labute approximate surface area is 133 Å². The van der Waals surface area contributed by atoms with Gasteiger partial charge in [0.1, 0.15) is 29.0 Å². The van der Waals surface area contributed by atoms with E-state index in [1.807, 2.05) is 6.07 Å². The van der Waals surface area contributed by atoms with Crippen molar-refractivity contribution in [3.05, 3.63) is 41.3 Å². The van der Waals surface area contributed by atoms with E-state index in [9.17, 15) is 4.79 Å². The number of nitrogens with one attached hydrogen (secondary N) is 1. The molecule has 2 rings (SSSR count). The molecule has 23 heavy (non-hydrogen) atoms. The molecule has 0 spiro atoms. The average molecular weight is 312 g/mol. The number of amides is 1. The first kappa shape index (κ1) is 16.2. The van der Waals surface area contributed by atoms with Crippen LogP contribution in [0.1, 0.15) is 17.0 Å². The third kappa shape index (κ3) is 3.95. The molecule has 1 aromatic carbocycles. The number of benzene rings is 1. The van der Waals surface area contributed by atoms with Gasteiger partial charge in [0.05, 0.1) is 26.8 Å². The van der Waals surface area contributed by atoms with Crippen molar-refractivity contribution in [2.24, 2.45) is 0 Å². The van der Waals surface area contributed by atoms with E-state index in [0.29, 0.717) is 22.9 Å². The standard InChI is InChI=1S/C16H16N4O3/c1-10-18-9-12(8-17)16(19-10)20-15(21)6-11-4-5-13(22-2)7-14(11)23-3/h4-5,7,9H,6H2,1-3H3,(H,18,19,20,21). The SMILES string of the molecule is COc1ccc(CC(=O)Nc2nc(C)ncc2C#N)c(OC)c1. The second-order valence-corrected chi connectivity index (χ2v) is 4.69. The molecule has 0 unspecified atom stereocenters. The molecule has 0 aliphatic rings. The maximum Gasteiger partial charge on any atom is 0.230 e. The van der Waals surface area contributed by atoms with Gasteiger partial charge in [-0.2, -0.15) is 5.26 Å². The number of ether oxygens (including phenoxy) is 2. The zero-order chi connectivity index (χ0) is 16.8. The molecule has 0 atom stereocenters. The molecule has 0 bridgehead atoms. The Morgan fingerprint density at radius 3 is 2.78 bits per heavy atom. The topological polar surface area (TPSA) is 97.1 Å². The highest BCUT2D eigenvalue weighted by Crippen LogP contribution is 2.25. The minimum atomic E-state index is -0.303. The van der Waals surface area contributed by atoms with E-state index in [1.165, 1.54) is 13.3 Å². The summed E-state index contributed by atoms with van der Waals surface area (Å²) >= 11 is 0. The highest BCUT2D eigenvalue weighted by atomic mass is 16.5. The van der Waals surface area contributed by atoms with Crippen molar-refractivity contribution in [3.8, 4) is 17.6 Å². The van der Waals surface area contributed by atoms with Crippen molar-refractivity contribution >= 4 is 11.7 Å². The monoisotopic (exact) mass is 312 g/mol. The molecule has 2 aromatic rings. The normalized spacial score (nSPS) is 9.83. The molecule has 1 aromatic heterocycles. The number of rotatable bonds is 5. The van der Waals surface area contributed by atoms with Crippen LogP contribution in [0.3, 0.4) is 0 Å². The molecule has 0 saturated heterocycles. The predicted molar refractivity (Wildman–Crippen MR) is 83.4 cm³/mol. The number of aryl methyl sites for hydroxylation is 1. The van der Waals surface area contributed by atoms with Crippen molar-refractivity contribution in [1.82, 2.24) is 9.97 Å². The maximum absolute atomic E-state index is 12.2. The van der Waals surface area contributed by atoms with E-state index in [0.717, 1.165) is 0 Å². The summed E-state index contributed by atoms with van der Waals surface area (Å²) in [7, 11) is 3.08.